The summed E-state index contributed by atoms with van der Waals surface area (Å²) in [5, 5.41) is 0. The maximum Gasteiger partial charge on any atom is 0.337 e. The Morgan fingerprint density at radius 2 is 1.70 bits per heavy atom. The first-order chi connectivity index (χ1) is 10.6. The fourth-order valence-electron chi connectivity index (χ4n) is 2.09. The molecule has 0 aliphatic carbocycles. The predicted octanol–water partition coefficient (Wildman–Crippen LogP) is -0.0349. The smallest absolute Gasteiger partial charge is 0.337 e. The van der Waals surface area contributed by atoms with E-state index in [2.05, 4.69) is 13.2 Å². The van der Waals surface area contributed by atoms with E-state index in [0.29, 0.717) is 10.1 Å². The van der Waals surface area contributed by atoms with Crippen LogP contribution in [-0.4, -0.2) is 26.3 Å². The van der Waals surface area contributed by atoms with E-state index in [1.54, 1.807) is 13.8 Å². The molecule has 1 unspecified atom stereocenters. The molecule has 8 heteroatoms. The van der Waals surface area contributed by atoms with E-state index < -0.39 is 29.1 Å². The van der Waals surface area contributed by atoms with Gasteiger partial charge in [-0.2, -0.15) is 0 Å². The van der Waals surface area contributed by atoms with Gasteiger partial charge in [-0.25, -0.2) is 32.9 Å². The second-order valence-electron chi connectivity index (χ2n) is 5.32. The number of hydrogen-bond acceptors (Lipinski definition) is 5. The Bertz CT molecular complexity index is 825. The van der Waals surface area contributed by atoms with Crippen LogP contribution in [-0.2, 0) is 23.1 Å². The minimum Gasteiger partial charge on any atom is -0.464 e. The first-order valence-corrected chi connectivity index (χ1v) is 7.02. The van der Waals surface area contributed by atoms with Gasteiger partial charge in [-0.05, 0) is 26.3 Å². The van der Waals surface area contributed by atoms with Crippen molar-refractivity contribution in [2.75, 3.05) is 6.61 Å². The third-order valence-corrected chi connectivity index (χ3v) is 3.11. The van der Waals surface area contributed by atoms with Crippen molar-refractivity contribution in [1.29, 1.82) is 0 Å². The maximum atomic E-state index is 12.6. The molecule has 0 N–H and O–H groups in total. The van der Waals surface area contributed by atoms with Crippen LogP contribution in [0.1, 0.15) is 26.8 Å². The average molecular weight is 323 g/mol. The highest BCUT2D eigenvalue weighted by molar-refractivity contribution is 5.77. The number of hydrogen-bond donors (Lipinski definition) is 0. The first-order valence-electron chi connectivity index (χ1n) is 7.02. The van der Waals surface area contributed by atoms with Gasteiger partial charge in [0.15, 0.2) is 6.04 Å². The van der Waals surface area contributed by atoms with E-state index in [9.17, 15) is 19.2 Å². The third-order valence-electron chi connectivity index (χ3n) is 3.11. The van der Waals surface area contributed by atoms with Gasteiger partial charge in [-0.15, -0.1) is 0 Å². The maximum absolute atomic E-state index is 12.6. The standard InChI is InChI=1S/C15H21N3O5/c1-7-23-12(19)11(10(4)5)18-14(21)16(6)13(20)17(15(18)22)8-9(2)3/h11H,2,4,7-8H2,1,3,5-6H3. The van der Waals surface area contributed by atoms with Crippen molar-refractivity contribution in [3.05, 3.63) is 55.8 Å². The number of allylic oxidation sites excluding steroid dienone is 1. The summed E-state index contributed by atoms with van der Waals surface area (Å²) < 4.78 is 7.20. The molecule has 1 heterocycles. The van der Waals surface area contributed by atoms with E-state index in [4.69, 9.17) is 4.74 Å². The molecule has 0 saturated carbocycles. The average Bonchev–Trinajstić information content (AvgIpc) is 2.45. The Hall–Kier alpha value is -2.64. The summed E-state index contributed by atoms with van der Waals surface area (Å²) >= 11 is 0. The molecule has 1 atom stereocenters. The fourth-order valence-corrected chi connectivity index (χ4v) is 2.09. The van der Waals surface area contributed by atoms with Crippen LogP contribution in [0.25, 0.3) is 0 Å². The Kier molecular flexibility index (Phi) is 5.67. The number of ether oxygens (including phenoxy) is 1. The van der Waals surface area contributed by atoms with E-state index in [0.717, 1.165) is 9.13 Å². The summed E-state index contributed by atoms with van der Waals surface area (Å²) in [5.74, 6) is -0.778. The summed E-state index contributed by atoms with van der Waals surface area (Å²) in [6.07, 6.45) is 0. The van der Waals surface area contributed by atoms with Crippen LogP contribution in [0.3, 0.4) is 0 Å². The normalized spacial score (nSPS) is 11.8. The predicted molar refractivity (Wildman–Crippen MR) is 85.5 cm³/mol. The van der Waals surface area contributed by atoms with E-state index >= 15 is 0 Å². The lowest BCUT2D eigenvalue weighted by molar-refractivity contribution is -0.146. The molecular formula is C15H21N3O5. The van der Waals surface area contributed by atoms with Crippen molar-refractivity contribution in [3.63, 3.8) is 0 Å². The number of carbonyl (C=O) groups excluding carboxylic acids is 1. The largest absolute Gasteiger partial charge is 0.464 e. The minimum absolute atomic E-state index is 0.0580. The lowest BCUT2D eigenvalue weighted by atomic mass is 10.1. The van der Waals surface area contributed by atoms with Crippen LogP contribution >= 0.6 is 0 Å². The van der Waals surface area contributed by atoms with E-state index in [1.807, 2.05) is 0 Å². The Morgan fingerprint density at radius 1 is 1.13 bits per heavy atom. The lowest BCUT2D eigenvalue weighted by Gasteiger charge is -2.19. The number of rotatable bonds is 6. The SMILES string of the molecule is C=C(C)Cn1c(=O)n(C)c(=O)n(C(C(=C)C)C(=O)OCC)c1=O. The number of esters is 1. The zero-order chi connectivity index (χ0) is 17.9. The Labute approximate surface area is 132 Å². The summed E-state index contributed by atoms with van der Waals surface area (Å²) in [5.41, 5.74) is -1.77. The van der Waals surface area contributed by atoms with Gasteiger partial charge in [-0.1, -0.05) is 18.7 Å². The quantitative estimate of drug-likeness (QED) is 0.541. The Morgan fingerprint density at radius 3 is 2.13 bits per heavy atom. The van der Waals surface area contributed by atoms with E-state index in [1.165, 1.54) is 14.0 Å². The third kappa shape index (κ3) is 3.58. The summed E-state index contributed by atoms with van der Waals surface area (Å²) in [6, 6.07) is -1.29. The van der Waals surface area contributed by atoms with Crippen LogP contribution in [0.15, 0.2) is 38.7 Å². The van der Waals surface area contributed by atoms with Crippen molar-refractivity contribution in [1.82, 2.24) is 13.7 Å². The van der Waals surface area contributed by atoms with Gasteiger partial charge in [0.1, 0.15) is 0 Å². The van der Waals surface area contributed by atoms with Gasteiger partial charge >= 0.3 is 23.0 Å². The first kappa shape index (κ1) is 18.4. The molecule has 0 fully saturated rings. The minimum atomic E-state index is -1.29. The van der Waals surface area contributed by atoms with Crippen molar-refractivity contribution < 1.29 is 9.53 Å². The number of aromatic nitrogens is 3. The molecule has 1 aromatic rings. The summed E-state index contributed by atoms with van der Waals surface area (Å²) in [4.78, 5) is 49.2. The van der Waals surface area contributed by atoms with Crippen molar-refractivity contribution in [2.24, 2.45) is 7.05 Å². The molecule has 0 saturated heterocycles. The highest BCUT2D eigenvalue weighted by Gasteiger charge is 2.28. The van der Waals surface area contributed by atoms with Crippen molar-refractivity contribution in [3.8, 4) is 0 Å². The topological polar surface area (TPSA) is 92.3 Å². The molecular weight excluding hydrogens is 302 g/mol. The highest BCUT2D eigenvalue weighted by atomic mass is 16.5. The molecule has 1 rings (SSSR count). The molecule has 0 spiro atoms. The van der Waals surface area contributed by atoms with Gasteiger partial charge in [0.2, 0.25) is 0 Å². The van der Waals surface area contributed by atoms with Gasteiger partial charge < -0.3 is 4.74 Å². The second kappa shape index (κ2) is 7.08. The molecule has 8 nitrogen and oxygen atoms in total. The fraction of sp³-hybridized carbons (Fsp3) is 0.467. The molecule has 0 radical (unpaired) electrons. The summed E-state index contributed by atoms with van der Waals surface area (Å²) in [6.45, 7) is 12.1. The molecule has 126 valence electrons. The van der Waals surface area contributed by atoms with Gasteiger partial charge in [-0.3, -0.25) is 0 Å². The van der Waals surface area contributed by atoms with Crippen LogP contribution in [0, 0.1) is 0 Å². The zero-order valence-corrected chi connectivity index (χ0v) is 13.8. The van der Waals surface area contributed by atoms with Crippen LogP contribution in [0.5, 0.6) is 0 Å². The zero-order valence-electron chi connectivity index (χ0n) is 13.8. The van der Waals surface area contributed by atoms with Crippen LogP contribution < -0.4 is 17.1 Å². The monoisotopic (exact) mass is 323 g/mol. The molecule has 0 aromatic carbocycles. The second-order valence-corrected chi connectivity index (χ2v) is 5.32. The molecule has 0 amide bonds. The van der Waals surface area contributed by atoms with Gasteiger partial charge in [0.25, 0.3) is 0 Å². The van der Waals surface area contributed by atoms with Gasteiger partial charge in [0, 0.05) is 7.05 Å². The summed E-state index contributed by atoms with van der Waals surface area (Å²) in [7, 11) is 1.23. The lowest BCUT2D eigenvalue weighted by Crippen LogP contribution is -2.56. The molecule has 23 heavy (non-hydrogen) atoms. The molecule has 0 aliphatic rings. The van der Waals surface area contributed by atoms with Crippen LogP contribution in [0.2, 0.25) is 0 Å². The highest BCUT2D eigenvalue weighted by Crippen LogP contribution is 2.13. The van der Waals surface area contributed by atoms with Crippen molar-refractivity contribution in [2.45, 2.75) is 33.4 Å². The molecule has 0 bridgehead atoms. The van der Waals surface area contributed by atoms with Crippen molar-refractivity contribution >= 4 is 5.97 Å². The number of nitrogens with zero attached hydrogens (tertiary/aromatic N) is 3. The van der Waals surface area contributed by atoms with Crippen LogP contribution in [0.4, 0.5) is 0 Å². The molecule has 0 aliphatic heterocycles. The van der Waals surface area contributed by atoms with E-state index in [-0.39, 0.29) is 18.7 Å². The molecule has 1 aromatic heterocycles. The number of carbonyl (C=O) groups is 1. The van der Waals surface area contributed by atoms with Gasteiger partial charge in [0.05, 0.1) is 13.2 Å². The Balaban J connectivity index is 3.79.